The van der Waals surface area contributed by atoms with Gasteiger partial charge in [-0.1, -0.05) is 50.9 Å². The summed E-state index contributed by atoms with van der Waals surface area (Å²) < 4.78 is 9.89. The van der Waals surface area contributed by atoms with Gasteiger partial charge in [0.05, 0.1) is 0 Å². The molecule has 1 aliphatic heterocycles. The van der Waals surface area contributed by atoms with E-state index in [-0.39, 0.29) is 20.1 Å². The summed E-state index contributed by atoms with van der Waals surface area (Å²) in [5.41, 5.74) is 4.73. The van der Waals surface area contributed by atoms with Crippen LogP contribution in [-0.2, 0) is 20.1 Å². The fraction of sp³-hybridized carbons (Fsp3) is 0.103. The van der Waals surface area contributed by atoms with Crippen LogP contribution in [0.15, 0.2) is 102 Å². The monoisotopic (exact) mass is 622 g/mol. The van der Waals surface area contributed by atoms with Crippen LogP contribution >= 0.6 is 0 Å². The molecule has 0 atom stereocenters. The van der Waals surface area contributed by atoms with Gasteiger partial charge in [-0.2, -0.15) is 6.07 Å². The van der Waals surface area contributed by atoms with E-state index in [4.69, 9.17) is 4.42 Å². The van der Waals surface area contributed by atoms with E-state index in [9.17, 15) is 0 Å². The number of para-hydroxylation sites is 1. The van der Waals surface area contributed by atoms with Crippen LogP contribution in [0.5, 0.6) is 0 Å². The molecule has 3 aromatic carbocycles. The first kappa shape index (κ1) is 23.5. The molecule has 6 rings (SSSR count). The maximum atomic E-state index is 5.91. The van der Waals surface area contributed by atoms with Crippen molar-refractivity contribution in [3.05, 3.63) is 110 Å². The third kappa shape index (κ3) is 4.98. The Balaban J connectivity index is 0.000000180. The van der Waals surface area contributed by atoms with E-state index >= 15 is 0 Å². The number of fused-ring (bicyclic) bond motifs is 3. The van der Waals surface area contributed by atoms with Crippen LogP contribution in [0.4, 0.5) is 5.69 Å². The van der Waals surface area contributed by atoms with Gasteiger partial charge in [-0.3, -0.25) is 0 Å². The number of furan rings is 1. The summed E-state index contributed by atoms with van der Waals surface area (Å²) in [6.45, 7) is 4.26. The Hall–Kier alpha value is -3.62. The van der Waals surface area contributed by atoms with E-state index in [0.29, 0.717) is 6.04 Å². The Morgan fingerprint density at radius 3 is 2.44 bits per heavy atom. The molecule has 2 aromatic heterocycles. The third-order valence-electron chi connectivity index (χ3n) is 5.36. The molecule has 0 aliphatic carbocycles. The van der Waals surface area contributed by atoms with Gasteiger partial charge < -0.3 is 9.40 Å². The van der Waals surface area contributed by atoms with Crippen LogP contribution in [0.1, 0.15) is 13.8 Å². The van der Waals surface area contributed by atoms with Gasteiger partial charge in [0.2, 0.25) is 6.20 Å². The molecule has 4 nitrogen and oxygen atoms in total. The minimum atomic E-state index is 0. The molecule has 0 unspecified atom stereocenters. The summed E-state index contributed by atoms with van der Waals surface area (Å²) in [4.78, 5) is 4.22. The van der Waals surface area contributed by atoms with E-state index < -0.39 is 0 Å². The van der Waals surface area contributed by atoms with Gasteiger partial charge in [0.15, 0.2) is 6.04 Å². The van der Waals surface area contributed by atoms with Crippen molar-refractivity contribution in [2.45, 2.75) is 19.9 Å². The molecule has 34 heavy (non-hydrogen) atoms. The van der Waals surface area contributed by atoms with Crippen molar-refractivity contribution >= 4 is 33.6 Å². The summed E-state index contributed by atoms with van der Waals surface area (Å²) in [6.07, 6.45) is 5.79. The van der Waals surface area contributed by atoms with Crippen molar-refractivity contribution in [3.63, 3.8) is 0 Å². The molecular weight excluding hydrogens is 599 g/mol. The summed E-state index contributed by atoms with van der Waals surface area (Å²) in [7, 11) is 0. The van der Waals surface area contributed by atoms with Crippen molar-refractivity contribution < 1.29 is 33.7 Å². The number of rotatable bonds is 3. The molecular formula is C29H23IrN3O. The van der Waals surface area contributed by atoms with E-state index in [0.717, 1.165) is 38.9 Å². The molecule has 0 N–H and O–H groups in total. The Bertz CT molecular complexity index is 1480. The molecule has 1 radical (unpaired) electrons. The first-order valence-corrected chi connectivity index (χ1v) is 10.9. The minimum Gasteiger partial charge on any atom is -0.483 e. The molecule has 5 heteroatoms. The topological polar surface area (TPSA) is 32.0 Å². The fourth-order valence-corrected chi connectivity index (χ4v) is 3.62. The van der Waals surface area contributed by atoms with Crippen molar-refractivity contribution in [1.29, 1.82) is 0 Å². The molecule has 0 bridgehead atoms. The van der Waals surface area contributed by atoms with Crippen LogP contribution < -0.4 is 0 Å². The van der Waals surface area contributed by atoms with E-state index in [1.165, 1.54) is 0 Å². The molecule has 0 spiro atoms. The zero-order chi connectivity index (χ0) is 22.6. The van der Waals surface area contributed by atoms with Gasteiger partial charge in [0.1, 0.15) is 11.3 Å². The molecule has 0 saturated heterocycles. The number of nitrogens with zero attached hydrogens (tertiary/aromatic N) is 3. The Morgan fingerprint density at radius 2 is 1.71 bits per heavy atom. The largest absolute Gasteiger partial charge is 0.493 e. The summed E-state index contributed by atoms with van der Waals surface area (Å²) in [5.74, 6) is 0. The summed E-state index contributed by atoms with van der Waals surface area (Å²) in [6, 6.07) is 35.9. The van der Waals surface area contributed by atoms with E-state index in [1.807, 2.05) is 94.3 Å². The van der Waals surface area contributed by atoms with Crippen LogP contribution in [0.25, 0.3) is 33.2 Å². The second-order valence-electron chi connectivity index (χ2n) is 7.95. The molecule has 3 heterocycles. The minimum absolute atomic E-state index is 0. The Morgan fingerprint density at radius 1 is 0.882 bits per heavy atom. The van der Waals surface area contributed by atoms with Gasteiger partial charge in [0.25, 0.3) is 6.20 Å². The second-order valence-corrected chi connectivity index (χ2v) is 7.95. The predicted octanol–water partition coefficient (Wildman–Crippen LogP) is 6.66. The number of aromatic nitrogens is 1. The van der Waals surface area contributed by atoms with Gasteiger partial charge in [-0.05, 0) is 37.1 Å². The smallest absolute Gasteiger partial charge is 0.483 e. The van der Waals surface area contributed by atoms with E-state index in [1.54, 1.807) is 6.20 Å². The maximum Gasteiger partial charge on any atom is 0.493 e. The number of pyridine rings is 1. The second kappa shape index (κ2) is 10.5. The zero-order valence-electron chi connectivity index (χ0n) is 18.9. The first-order valence-electron chi connectivity index (χ1n) is 10.9. The number of benzene rings is 3. The van der Waals surface area contributed by atoms with Crippen LogP contribution in [0, 0.1) is 12.1 Å². The van der Waals surface area contributed by atoms with Gasteiger partial charge in [-0.25, -0.2) is 0 Å². The average Bonchev–Trinajstić information content (AvgIpc) is 3.51. The molecule has 0 amide bonds. The normalized spacial score (nSPS) is 12.2. The van der Waals surface area contributed by atoms with Gasteiger partial charge >= 0.3 is 6.01 Å². The van der Waals surface area contributed by atoms with Crippen LogP contribution in [-0.4, -0.2) is 26.2 Å². The standard InChI is InChI=1S/C18H15N2O.C11H8N.Ir/c1-13(2)19-9-10-20(12-19)14-7-8-16-15-5-3-4-6-17(15)21-18(16)11-14;1-2-6-10(7-3-1)11-8-4-5-9-12-11;/h3-6,8-11,13H,1-2H3;1-6,8-9H;/q+1;-1;. The molecule has 0 fully saturated rings. The Kier molecular flexibility index (Phi) is 7.30. The maximum absolute atomic E-state index is 5.91. The van der Waals surface area contributed by atoms with Crippen molar-refractivity contribution in [2.24, 2.45) is 0 Å². The number of hydrogen-bond donors (Lipinski definition) is 0. The summed E-state index contributed by atoms with van der Waals surface area (Å²) in [5, 5.41) is 2.22. The Labute approximate surface area is 212 Å². The van der Waals surface area contributed by atoms with Crippen molar-refractivity contribution in [3.8, 4) is 11.3 Å². The average molecular weight is 622 g/mol. The van der Waals surface area contributed by atoms with Crippen molar-refractivity contribution in [1.82, 2.24) is 4.98 Å². The zero-order valence-corrected chi connectivity index (χ0v) is 21.3. The molecule has 169 valence electrons. The summed E-state index contributed by atoms with van der Waals surface area (Å²) >= 11 is 0. The van der Waals surface area contributed by atoms with Crippen LogP contribution in [0.2, 0.25) is 0 Å². The molecule has 5 aromatic rings. The fourth-order valence-electron chi connectivity index (χ4n) is 3.62. The first-order chi connectivity index (χ1) is 16.2. The number of hydrogen-bond acceptors (Lipinski definition) is 2. The van der Waals surface area contributed by atoms with Gasteiger partial charge in [-0.15, -0.1) is 42.0 Å². The SMILES string of the molecule is CC(C)[N+]1=C=[N+](c2[c-]cc3c(c2)oc2ccccc23)C=C1.[Ir].[c-]1ccccc1-c1ccccn1. The quantitative estimate of drug-likeness (QED) is 0.167. The van der Waals surface area contributed by atoms with Crippen LogP contribution in [0.3, 0.4) is 0 Å². The third-order valence-corrected chi connectivity index (χ3v) is 5.36. The predicted molar refractivity (Wildman–Crippen MR) is 131 cm³/mol. The van der Waals surface area contributed by atoms with E-state index in [2.05, 4.69) is 43.0 Å². The molecule has 0 saturated carbocycles. The van der Waals surface area contributed by atoms with Gasteiger partial charge in [0, 0.05) is 31.9 Å². The molecule has 1 aliphatic rings. The van der Waals surface area contributed by atoms with Crippen molar-refractivity contribution in [2.75, 3.05) is 0 Å².